The van der Waals surface area contributed by atoms with Crippen molar-refractivity contribution in [2.45, 2.75) is 31.7 Å². The fourth-order valence-electron chi connectivity index (χ4n) is 2.49. The highest BCUT2D eigenvalue weighted by Crippen LogP contribution is 2.25. The maximum absolute atomic E-state index is 12.2. The average molecular weight is 373 g/mol. The summed E-state index contributed by atoms with van der Waals surface area (Å²) in [4.78, 5) is 23.4. The first kappa shape index (κ1) is 14.3. The van der Waals surface area contributed by atoms with Gasteiger partial charge >= 0.3 is 5.97 Å². The van der Waals surface area contributed by atoms with E-state index in [1.54, 1.807) is 6.07 Å². The van der Waals surface area contributed by atoms with Crippen LogP contribution in [0.1, 0.15) is 36.0 Å². The van der Waals surface area contributed by atoms with E-state index in [4.69, 9.17) is 0 Å². The van der Waals surface area contributed by atoms with Crippen LogP contribution in [0.3, 0.4) is 0 Å². The van der Waals surface area contributed by atoms with Crippen molar-refractivity contribution in [1.82, 2.24) is 5.32 Å². The van der Waals surface area contributed by atoms with Crippen molar-refractivity contribution < 1.29 is 14.7 Å². The minimum absolute atomic E-state index is 0.178. The molecule has 1 aromatic rings. The number of halogens is 1. The molecule has 4 nitrogen and oxygen atoms in total. The topological polar surface area (TPSA) is 66.4 Å². The van der Waals surface area contributed by atoms with E-state index in [-0.39, 0.29) is 11.9 Å². The zero-order valence-electron chi connectivity index (χ0n) is 10.4. The van der Waals surface area contributed by atoms with Crippen molar-refractivity contribution in [2.75, 3.05) is 0 Å². The van der Waals surface area contributed by atoms with Gasteiger partial charge in [-0.15, -0.1) is 0 Å². The van der Waals surface area contributed by atoms with Crippen molar-refractivity contribution in [3.63, 3.8) is 0 Å². The molecule has 2 N–H and O–H groups in total. The van der Waals surface area contributed by atoms with Crippen LogP contribution in [0.15, 0.2) is 24.3 Å². The minimum atomic E-state index is -0.812. The van der Waals surface area contributed by atoms with Gasteiger partial charge in [0.15, 0.2) is 0 Å². The number of carbonyl (C=O) groups excluding carboxylic acids is 1. The van der Waals surface area contributed by atoms with Gasteiger partial charge in [-0.1, -0.05) is 25.0 Å². The summed E-state index contributed by atoms with van der Waals surface area (Å²) >= 11 is 2.11. The summed E-state index contributed by atoms with van der Waals surface area (Å²) in [6.45, 7) is 0. The second kappa shape index (κ2) is 6.36. The second-order valence-corrected chi connectivity index (χ2v) is 5.95. The number of carbonyl (C=O) groups is 2. The summed E-state index contributed by atoms with van der Waals surface area (Å²) in [6, 6.07) is 7.06. The molecule has 2 atom stereocenters. The fourth-order valence-corrected chi connectivity index (χ4v) is 3.12. The van der Waals surface area contributed by atoms with Crippen LogP contribution in [0.25, 0.3) is 0 Å². The van der Waals surface area contributed by atoms with E-state index in [1.807, 2.05) is 18.2 Å². The Hall–Kier alpha value is -1.11. The van der Waals surface area contributed by atoms with Crippen LogP contribution >= 0.6 is 22.6 Å². The fraction of sp³-hybridized carbons (Fsp3) is 0.429. The quantitative estimate of drug-likeness (QED) is 0.801. The SMILES string of the molecule is O=C(NC1CCCCC1C(=O)O)c1ccccc1I. The van der Waals surface area contributed by atoms with Gasteiger partial charge in [0.25, 0.3) is 5.91 Å². The first-order chi connectivity index (χ1) is 9.09. The highest BCUT2D eigenvalue weighted by molar-refractivity contribution is 14.1. The van der Waals surface area contributed by atoms with E-state index >= 15 is 0 Å². The Balaban J connectivity index is 2.09. The number of amides is 1. The predicted octanol–water partition coefficient (Wildman–Crippen LogP) is 2.66. The molecular formula is C14H16INO3. The molecule has 1 saturated carbocycles. The maximum atomic E-state index is 12.2. The van der Waals surface area contributed by atoms with Crippen LogP contribution in [0, 0.1) is 9.49 Å². The van der Waals surface area contributed by atoms with Gasteiger partial charge < -0.3 is 10.4 Å². The Labute approximate surface area is 125 Å². The Kier molecular flexibility index (Phi) is 4.79. The van der Waals surface area contributed by atoms with Gasteiger partial charge in [0.1, 0.15) is 0 Å². The van der Waals surface area contributed by atoms with Gasteiger partial charge in [0.2, 0.25) is 0 Å². The van der Waals surface area contributed by atoms with Gasteiger partial charge in [0, 0.05) is 9.61 Å². The molecule has 0 spiro atoms. The molecule has 0 heterocycles. The Morgan fingerprint density at radius 3 is 2.58 bits per heavy atom. The summed E-state index contributed by atoms with van der Waals surface area (Å²) in [7, 11) is 0. The maximum Gasteiger partial charge on any atom is 0.308 e. The Morgan fingerprint density at radius 1 is 1.21 bits per heavy atom. The summed E-state index contributed by atoms with van der Waals surface area (Å²) < 4.78 is 0.875. The number of nitrogens with one attached hydrogen (secondary N) is 1. The monoisotopic (exact) mass is 373 g/mol. The van der Waals surface area contributed by atoms with E-state index in [9.17, 15) is 14.7 Å². The second-order valence-electron chi connectivity index (χ2n) is 4.79. The molecule has 2 unspecified atom stereocenters. The van der Waals surface area contributed by atoms with E-state index in [2.05, 4.69) is 27.9 Å². The summed E-state index contributed by atoms with van der Waals surface area (Å²) in [5, 5.41) is 12.1. The summed E-state index contributed by atoms with van der Waals surface area (Å²) in [6.07, 6.45) is 3.28. The number of carboxylic acids is 1. The van der Waals surface area contributed by atoms with Crippen LogP contribution in [0.2, 0.25) is 0 Å². The zero-order chi connectivity index (χ0) is 13.8. The van der Waals surface area contributed by atoms with Crippen LogP contribution < -0.4 is 5.32 Å². The number of benzene rings is 1. The molecule has 1 aliphatic rings. The molecule has 1 aromatic carbocycles. The normalized spacial score (nSPS) is 22.8. The lowest BCUT2D eigenvalue weighted by Crippen LogP contribution is -2.45. The Morgan fingerprint density at radius 2 is 1.89 bits per heavy atom. The lowest BCUT2D eigenvalue weighted by Gasteiger charge is -2.29. The first-order valence-corrected chi connectivity index (χ1v) is 7.45. The van der Waals surface area contributed by atoms with Gasteiger partial charge in [0.05, 0.1) is 11.5 Å². The van der Waals surface area contributed by atoms with Crippen LogP contribution in [0.4, 0.5) is 0 Å². The molecule has 1 amide bonds. The smallest absolute Gasteiger partial charge is 0.308 e. The van der Waals surface area contributed by atoms with Crippen molar-refractivity contribution in [1.29, 1.82) is 0 Å². The lowest BCUT2D eigenvalue weighted by molar-refractivity contribution is -0.143. The number of rotatable bonds is 3. The molecule has 5 heteroatoms. The molecule has 2 rings (SSSR count). The Bertz CT molecular complexity index is 489. The molecule has 1 fully saturated rings. The van der Waals surface area contributed by atoms with Crippen LogP contribution in [-0.4, -0.2) is 23.0 Å². The molecule has 1 aliphatic carbocycles. The van der Waals surface area contributed by atoms with E-state index in [1.165, 1.54) is 0 Å². The van der Waals surface area contributed by atoms with Gasteiger partial charge in [-0.3, -0.25) is 9.59 Å². The van der Waals surface area contributed by atoms with Crippen molar-refractivity contribution in [2.24, 2.45) is 5.92 Å². The number of hydrogen-bond acceptors (Lipinski definition) is 2. The zero-order valence-corrected chi connectivity index (χ0v) is 12.6. The van der Waals surface area contributed by atoms with Crippen molar-refractivity contribution in [3.05, 3.63) is 33.4 Å². The molecule has 19 heavy (non-hydrogen) atoms. The predicted molar refractivity (Wildman–Crippen MR) is 80.0 cm³/mol. The standard InChI is InChI=1S/C14H16INO3/c15-11-7-3-1-5-9(11)13(17)16-12-8-4-2-6-10(12)14(18)19/h1,3,5,7,10,12H,2,4,6,8H2,(H,16,17)(H,18,19). The molecule has 0 aliphatic heterocycles. The molecule has 0 saturated heterocycles. The van der Waals surface area contributed by atoms with Gasteiger partial charge in [-0.2, -0.15) is 0 Å². The van der Waals surface area contributed by atoms with Crippen molar-refractivity contribution in [3.8, 4) is 0 Å². The summed E-state index contributed by atoms with van der Waals surface area (Å²) in [5.41, 5.74) is 0.609. The first-order valence-electron chi connectivity index (χ1n) is 6.38. The molecule has 0 radical (unpaired) electrons. The average Bonchev–Trinajstić information content (AvgIpc) is 2.39. The number of carboxylic acid groups (broad SMARTS) is 1. The van der Waals surface area contributed by atoms with E-state index < -0.39 is 11.9 Å². The highest BCUT2D eigenvalue weighted by Gasteiger charge is 2.32. The van der Waals surface area contributed by atoms with Crippen LogP contribution in [-0.2, 0) is 4.79 Å². The van der Waals surface area contributed by atoms with Crippen LogP contribution in [0.5, 0.6) is 0 Å². The summed E-state index contributed by atoms with van der Waals surface area (Å²) in [5.74, 6) is -1.45. The third-order valence-corrected chi connectivity index (χ3v) is 4.46. The van der Waals surface area contributed by atoms with Crippen molar-refractivity contribution >= 4 is 34.5 Å². The van der Waals surface area contributed by atoms with E-state index in [0.717, 1.165) is 22.8 Å². The molecule has 0 aromatic heterocycles. The van der Waals surface area contributed by atoms with E-state index in [0.29, 0.717) is 12.0 Å². The minimum Gasteiger partial charge on any atom is -0.481 e. The molecule has 0 bridgehead atoms. The third kappa shape index (κ3) is 3.46. The lowest BCUT2D eigenvalue weighted by atomic mass is 9.84. The number of aliphatic carboxylic acids is 1. The highest BCUT2D eigenvalue weighted by atomic mass is 127. The number of hydrogen-bond donors (Lipinski definition) is 2. The van der Waals surface area contributed by atoms with Gasteiger partial charge in [-0.05, 0) is 47.6 Å². The molecular weight excluding hydrogens is 357 g/mol. The third-order valence-electron chi connectivity index (χ3n) is 3.52. The largest absolute Gasteiger partial charge is 0.481 e. The van der Waals surface area contributed by atoms with Gasteiger partial charge in [-0.25, -0.2) is 0 Å². The molecule has 102 valence electrons.